The number of halogens is 1. The number of rotatable bonds is 5. The highest BCUT2D eigenvalue weighted by molar-refractivity contribution is 6.33. The van der Waals surface area contributed by atoms with E-state index in [1.807, 2.05) is 48.5 Å². The van der Waals surface area contributed by atoms with Crippen molar-refractivity contribution in [2.75, 3.05) is 5.32 Å². The lowest BCUT2D eigenvalue weighted by atomic mass is 10.2. The lowest BCUT2D eigenvalue weighted by molar-refractivity contribution is 0.0946. The van der Waals surface area contributed by atoms with Crippen LogP contribution in [0.5, 0.6) is 0 Å². The molecule has 1 aromatic heterocycles. The molecule has 130 valence electrons. The molecule has 0 radical (unpaired) electrons. The summed E-state index contributed by atoms with van der Waals surface area (Å²) >= 11 is 6.23. The maximum atomic E-state index is 12.5. The minimum atomic E-state index is -0.186. The molecule has 1 saturated carbocycles. The molecule has 2 aromatic carbocycles. The number of hydrogen-bond donors (Lipinski definition) is 2. The first kappa shape index (κ1) is 16.5. The van der Waals surface area contributed by atoms with Crippen LogP contribution in [-0.2, 0) is 0 Å². The van der Waals surface area contributed by atoms with Gasteiger partial charge >= 0.3 is 0 Å². The van der Waals surface area contributed by atoms with E-state index in [0.717, 1.165) is 24.1 Å². The van der Waals surface area contributed by atoms with E-state index in [2.05, 4.69) is 20.6 Å². The Labute approximate surface area is 156 Å². The zero-order valence-corrected chi connectivity index (χ0v) is 14.7. The van der Waals surface area contributed by atoms with Gasteiger partial charge in [-0.15, -0.1) is 0 Å². The first-order valence-corrected chi connectivity index (χ1v) is 8.84. The van der Waals surface area contributed by atoms with E-state index in [9.17, 15) is 4.79 Å². The summed E-state index contributed by atoms with van der Waals surface area (Å²) in [6.45, 7) is 0. The summed E-state index contributed by atoms with van der Waals surface area (Å²) in [5.41, 5.74) is 1.90. The third-order valence-corrected chi connectivity index (χ3v) is 4.37. The van der Waals surface area contributed by atoms with Crippen molar-refractivity contribution in [3.63, 3.8) is 0 Å². The first-order chi connectivity index (χ1) is 12.7. The Morgan fingerprint density at radius 3 is 2.46 bits per heavy atom. The summed E-state index contributed by atoms with van der Waals surface area (Å²) in [5, 5.41) is 6.73. The molecule has 1 aliphatic rings. The fourth-order valence-electron chi connectivity index (χ4n) is 2.53. The largest absolute Gasteiger partial charge is 0.348 e. The van der Waals surface area contributed by atoms with Crippen molar-refractivity contribution in [1.29, 1.82) is 0 Å². The van der Waals surface area contributed by atoms with Crippen molar-refractivity contribution in [2.45, 2.75) is 18.9 Å². The Morgan fingerprint density at radius 1 is 1.00 bits per heavy atom. The third kappa shape index (κ3) is 3.83. The molecule has 0 unspecified atom stereocenters. The molecule has 0 saturated heterocycles. The van der Waals surface area contributed by atoms with Crippen LogP contribution in [0, 0.1) is 0 Å². The van der Waals surface area contributed by atoms with Gasteiger partial charge in [0.1, 0.15) is 11.5 Å². The van der Waals surface area contributed by atoms with Crippen molar-refractivity contribution in [3.05, 3.63) is 71.4 Å². The summed E-state index contributed by atoms with van der Waals surface area (Å²) in [6.07, 6.45) is 2.04. The van der Waals surface area contributed by atoms with E-state index < -0.39 is 0 Å². The summed E-state index contributed by atoms with van der Waals surface area (Å²) in [7, 11) is 0. The average molecular weight is 365 g/mol. The zero-order chi connectivity index (χ0) is 17.9. The van der Waals surface area contributed by atoms with Gasteiger partial charge in [-0.1, -0.05) is 54.1 Å². The molecule has 0 spiro atoms. The van der Waals surface area contributed by atoms with Crippen molar-refractivity contribution >= 4 is 29.0 Å². The van der Waals surface area contributed by atoms with Crippen LogP contribution >= 0.6 is 11.6 Å². The third-order valence-electron chi connectivity index (χ3n) is 4.04. The van der Waals surface area contributed by atoms with Crippen LogP contribution in [0.4, 0.5) is 11.5 Å². The number of anilines is 2. The SMILES string of the molecule is O=C(NC1CC1)c1cc(Nc2ccccc2Cl)nc(-c2ccccc2)n1. The fourth-order valence-corrected chi connectivity index (χ4v) is 2.71. The van der Waals surface area contributed by atoms with Gasteiger partial charge in [0, 0.05) is 17.7 Å². The lowest BCUT2D eigenvalue weighted by Crippen LogP contribution is -2.26. The summed E-state index contributed by atoms with van der Waals surface area (Å²) in [4.78, 5) is 21.5. The number of hydrogen-bond acceptors (Lipinski definition) is 4. The van der Waals surface area contributed by atoms with Crippen molar-refractivity contribution in [2.24, 2.45) is 0 Å². The smallest absolute Gasteiger partial charge is 0.270 e. The van der Waals surface area contributed by atoms with Crippen LogP contribution in [-0.4, -0.2) is 21.9 Å². The molecule has 6 heteroatoms. The molecule has 1 heterocycles. The Hall–Kier alpha value is -2.92. The predicted molar refractivity (Wildman–Crippen MR) is 103 cm³/mol. The number of carbonyl (C=O) groups is 1. The van der Waals surface area contributed by atoms with E-state index in [0.29, 0.717) is 22.4 Å². The number of amides is 1. The molecule has 3 aromatic rings. The average Bonchev–Trinajstić information content (AvgIpc) is 3.48. The van der Waals surface area contributed by atoms with Crippen LogP contribution < -0.4 is 10.6 Å². The molecule has 0 aliphatic heterocycles. The van der Waals surface area contributed by atoms with E-state index in [-0.39, 0.29) is 11.9 Å². The molecule has 5 nitrogen and oxygen atoms in total. The molecule has 0 bridgehead atoms. The van der Waals surface area contributed by atoms with Crippen LogP contribution in [0.2, 0.25) is 5.02 Å². The monoisotopic (exact) mass is 364 g/mol. The van der Waals surface area contributed by atoms with Gasteiger partial charge in [-0.05, 0) is 25.0 Å². The Balaban J connectivity index is 1.72. The zero-order valence-electron chi connectivity index (χ0n) is 13.9. The second-order valence-corrected chi connectivity index (χ2v) is 6.59. The highest BCUT2D eigenvalue weighted by Gasteiger charge is 2.25. The Bertz CT molecular complexity index is 942. The minimum Gasteiger partial charge on any atom is -0.348 e. The molecule has 1 aliphatic carbocycles. The first-order valence-electron chi connectivity index (χ1n) is 8.46. The second kappa shape index (κ2) is 7.14. The van der Waals surface area contributed by atoms with Gasteiger partial charge in [0.25, 0.3) is 5.91 Å². The van der Waals surface area contributed by atoms with E-state index in [4.69, 9.17) is 11.6 Å². The van der Waals surface area contributed by atoms with Crippen LogP contribution in [0.25, 0.3) is 11.4 Å². The lowest BCUT2D eigenvalue weighted by Gasteiger charge is -2.11. The predicted octanol–water partition coefficient (Wildman–Crippen LogP) is 4.43. The second-order valence-electron chi connectivity index (χ2n) is 6.18. The molecule has 2 N–H and O–H groups in total. The van der Waals surface area contributed by atoms with Crippen LogP contribution in [0.3, 0.4) is 0 Å². The van der Waals surface area contributed by atoms with Gasteiger partial charge < -0.3 is 10.6 Å². The van der Waals surface area contributed by atoms with Crippen LogP contribution in [0.15, 0.2) is 60.7 Å². The van der Waals surface area contributed by atoms with Gasteiger partial charge in [-0.2, -0.15) is 0 Å². The summed E-state index contributed by atoms with van der Waals surface area (Å²) < 4.78 is 0. The Morgan fingerprint density at radius 2 is 1.73 bits per heavy atom. The number of benzene rings is 2. The van der Waals surface area contributed by atoms with Gasteiger partial charge in [-0.3, -0.25) is 4.79 Å². The molecule has 1 amide bonds. The standard InChI is InChI=1S/C20H17ClN4O/c21-15-8-4-5-9-16(15)23-18-12-17(20(26)22-14-10-11-14)24-19(25-18)13-6-2-1-3-7-13/h1-9,12,14H,10-11H2,(H,22,26)(H,23,24,25). The maximum Gasteiger partial charge on any atom is 0.270 e. The Kier molecular flexibility index (Phi) is 4.54. The van der Waals surface area contributed by atoms with Gasteiger partial charge in [0.15, 0.2) is 5.82 Å². The summed E-state index contributed by atoms with van der Waals surface area (Å²) in [5.74, 6) is 0.825. The molecular formula is C20H17ClN4O. The molecular weight excluding hydrogens is 348 g/mol. The highest BCUT2D eigenvalue weighted by Crippen LogP contribution is 2.26. The number of para-hydroxylation sites is 1. The quantitative estimate of drug-likeness (QED) is 0.702. The maximum absolute atomic E-state index is 12.5. The minimum absolute atomic E-state index is 0.186. The van der Waals surface area contributed by atoms with Gasteiger partial charge in [0.2, 0.25) is 0 Å². The van der Waals surface area contributed by atoms with E-state index in [1.54, 1.807) is 12.1 Å². The normalized spacial score (nSPS) is 13.3. The van der Waals surface area contributed by atoms with Crippen molar-refractivity contribution < 1.29 is 4.79 Å². The van der Waals surface area contributed by atoms with E-state index in [1.165, 1.54) is 0 Å². The van der Waals surface area contributed by atoms with E-state index >= 15 is 0 Å². The van der Waals surface area contributed by atoms with Crippen molar-refractivity contribution in [3.8, 4) is 11.4 Å². The molecule has 26 heavy (non-hydrogen) atoms. The van der Waals surface area contributed by atoms with Gasteiger partial charge in [0.05, 0.1) is 10.7 Å². The fraction of sp³-hybridized carbons (Fsp3) is 0.150. The van der Waals surface area contributed by atoms with Crippen LogP contribution in [0.1, 0.15) is 23.3 Å². The van der Waals surface area contributed by atoms with Gasteiger partial charge in [-0.25, -0.2) is 9.97 Å². The highest BCUT2D eigenvalue weighted by atomic mass is 35.5. The summed E-state index contributed by atoms with van der Waals surface area (Å²) in [6, 6.07) is 18.9. The number of carbonyl (C=O) groups excluding carboxylic acids is 1. The molecule has 4 rings (SSSR count). The molecule has 1 fully saturated rings. The number of nitrogens with one attached hydrogen (secondary N) is 2. The topological polar surface area (TPSA) is 66.9 Å². The number of aromatic nitrogens is 2. The number of nitrogens with zero attached hydrogens (tertiary/aromatic N) is 2. The molecule has 0 atom stereocenters. The van der Waals surface area contributed by atoms with Crippen molar-refractivity contribution in [1.82, 2.24) is 15.3 Å².